The van der Waals surface area contributed by atoms with Crippen LogP contribution in [0.2, 0.25) is 0 Å². The van der Waals surface area contributed by atoms with Gasteiger partial charge in [-0.15, -0.1) is 0 Å². The van der Waals surface area contributed by atoms with Crippen molar-refractivity contribution >= 4 is 23.1 Å². The Kier molecular flexibility index (Phi) is 3.25. The average Bonchev–Trinajstić information content (AvgIpc) is 2.68. The predicted molar refractivity (Wildman–Crippen MR) is 56.3 cm³/mol. The zero-order chi connectivity index (χ0) is 10.0. The first kappa shape index (κ1) is 10.4. The summed E-state index contributed by atoms with van der Waals surface area (Å²) >= 11 is 4.86. The normalized spacial score (nSPS) is 18.4. The van der Waals surface area contributed by atoms with Crippen LogP contribution in [0.25, 0.3) is 0 Å². The number of rotatable bonds is 4. The zero-order valence-corrected chi connectivity index (χ0v) is 8.86. The molecule has 0 radical (unpaired) electrons. The highest BCUT2D eigenvalue weighted by molar-refractivity contribution is 7.80. The maximum absolute atomic E-state index is 11.6. The van der Waals surface area contributed by atoms with Crippen molar-refractivity contribution in [2.24, 2.45) is 17.6 Å². The van der Waals surface area contributed by atoms with E-state index >= 15 is 0 Å². The fourth-order valence-electron chi connectivity index (χ4n) is 1.28. The van der Waals surface area contributed by atoms with Crippen LogP contribution in [-0.2, 0) is 4.79 Å². The Morgan fingerprint density at radius 3 is 2.38 bits per heavy atom. The Morgan fingerprint density at radius 2 is 2.08 bits per heavy atom. The van der Waals surface area contributed by atoms with E-state index in [1.807, 2.05) is 13.8 Å². The number of thiocarbonyl (C=S) groups is 1. The minimum absolute atomic E-state index is 0.00926. The first-order valence-corrected chi connectivity index (χ1v) is 5.03. The number of nitrogens with one attached hydrogen (secondary N) is 1. The lowest BCUT2D eigenvalue weighted by atomic mass is 9.95. The van der Waals surface area contributed by atoms with Crippen molar-refractivity contribution in [1.82, 2.24) is 5.32 Å². The van der Waals surface area contributed by atoms with Crippen molar-refractivity contribution in [3.63, 3.8) is 0 Å². The molecule has 74 valence electrons. The number of nitrogens with two attached hydrogens (primary N) is 1. The molecule has 4 heteroatoms. The van der Waals surface area contributed by atoms with Gasteiger partial charge in [0, 0.05) is 6.04 Å². The molecule has 0 aromatic heterocycles. The van der Waals surface area contributed by atoms with Crippen molar-refractivity contribution in [2.45, 2.75) is 32.7 Å². The van der Waals surface area contributed by atoms with Crippen LogP contribution in [0.1, 0.15) is 26.7 Å². The summed E-state index contributed by atoms with van der Waals surface area (Å²) in [4.78, 5) is 11.9. The summed E-state index contributed by atoms with van der Waals surface area (Å²) in [6.07, 6.45) is 2.18. The molecule has 0 spiro atoms. The largest absolute Gasteiger partial charge is 0.393 e. The number of hydrogen-bond donors (Lipinski definition) is 2. The average molecular weight is 200 g/mol. The van der Waals surface area contributed by atoms with Gasteiger partial charge in [0.05, 0.1) is 10.9 Å². The molecule has 1 atom stereocenters. The second-order valence-corrected chi connectivity index (χ2v) is 4.38. The number of carbonyl (C=O) groups excluding carboxylic acids is 1. The molecule has 1 fully saturated rings. The van der Waals surface area contributed by atoms with Gasteiger partial charge in [0.25, 0.3) is 0 Å². The molecule has 1 saturated carbocycles. The second kappa shape index (κ2) is 4.05. The first-order valence-electron chi connectivity index (χ1n) is 4.62. The minimum Gasteiger partial charge on any atom is -0.393 e. The highest BCUT2D eigenvalue weighted by Crippen LogP contribution is 2.20. The Hall–Kier alpha value is -0.640. The van der Waals surface area contributed by atoms with Crippen molar-refractivity contribution in [1.29, 1.82) is 0 Å². The third-order valence-electron chi connectivity index (χ3n) is 2.18. The summed E-state index contributed by atoms with van der Waals surface area (Å²) in [7, 11) is 0. The van der Waals surface area contributed by atoms with E-state index in [-0.39, 0.29) is 17.7 Å². The van der Waals surface area contributed by atoms with Gasteiger partial charge in [0.2, 0.25) is 5.91 Å². The van der Waals surface area contributed by atoms with Crippen molar-refractivity contribution < 1.29 is 4.79 Å². The Morgan fingerprint density at radius 1 is 1.54 bits per heavy atom. The molecule has 1 rings (SSSR count). The van der Waals surface area contributed by atoms with Crippen LogP contribution in [0.3, 0.4) is 0 Å². The van der Waals surface area contributed by atoms with E-state index in [4.69, 9.17) is 18.0 Å². The van der Waals surface area contributed by atoms with E-state index < -0.39 is 0 Å². The van der Waals surface area contributed by atoms with Gasteiger partial charge in [0.15, 0.2) is 0 Å². The molecule has 0 heterocycles. The third kappa shape index (κ3) is 2.95. The van der Waals surface area contributed by atoms with E-state index in [9.17, 15) is 4.79 Å². The van der Waals surface area contributed by atoms with Crippen LogP contribution in [0, 0.1) is 11.8 Å². The van der Waals surface area contributed by atoms with Gasteiger partial charge in [-0.05, 0) is 18.8 Å². The topological polar surface area (TPSA) is 55.1 Å². The van der Waals surface area contributed by atoms with Crippen LogP contribution >= 0.6 is 12.2 Å². The maximum Gasteiger partial charge on any atom is 0.230 e. The lowest BCUT2D eigenvalue weighted by Gasteiger charge is -2.18. The summed E-state index contributed by atoms with van der Waals surface area (Å²) in [6, 6.07) is 0.378. The SMILES string of the molecule is CC(C)C(C(=O)NC1CC1)C(N)=S. The zero-order valence-electron chi connectivity index (χ0n) is 8.04. The number of hydrogen-bond acceptors (Lipinski definition) is 2. The Balaban J connectivity index is 2.51. The molecule has 3 N–H and O–H groups in total. The molecule has 0 aliphatic heterocycles. The summed E-state index contributed by atoms with van der Waals surface area (Å²) in [6.45, 7) is 3.91. The van der Waals surface area contributed by atoms with E-state index in [1.165, 1.54) is 0 Å². The maximum atomic E-state index is 11.6. The summed E-state index contributed by atoms with van der Waals surface area (Å²) < 4.78 is 0. The van der Waals surface area contributed by atoms with Crippen molar-refractivity contribution in [2.75, 3.05) is 0 Å². The standard InChI is InChI=1S/C9H16N2OS/c1-5(2)7(8(10)13)9(12)11-6-3-4-6/h5-7H,3-4H2,1-2H3,(H2,10,13)(H,11,12). The molecule has 0 saturated heterocycles. The molecule has 13 heavy (non-hydrogen) atoms. The summed E-state index contributed by atoms with van der Waals surface area (Å²) in [5, 5.41) is 2.91. The van der Waals surface area contributed by atoms with Crippen LogP contribution in [0.5, 0.6) is 0 Å². The quantitative estimate of drug-likeness (QED) is 0.661. The first-order chi connectivity index (χ1) is 6.02. The Labute approximate surface area is 84.1 Å². The van der Waals surface area contributed by atoms with Gasteiger partial charge in [-0.2, -0.15) is 0 Å². The molecular formula is C9H16N2OS. The van der Waals surface area contributed by atoms with Gasteiger partial charge < -0.3 is 11.1 Å². The number of amides is 1. The van der Waals surface area contributed by atoms with Crippen LogP contribution < -0.4 is 11.1 Å². The van der Waals surface area contributed by atoms with Gasteiger partial charge in [-0.3, -0.25) is 4.79 Å². The smallest absolute Gasteiger partial charge is 0.230 e. The molecule has 3 nitrogen and oxygen atoms in total. The minimum atomic E-state index is -0.310. The second-order valence-electron chi connectivity index (χ2n) is 3.91. The summed E-state index contributed by atoms with van der Waals surface area (Å²) in [5.41, 5.74) is 5.51. The molecule has 1 unspecified atom stereocenters. The van der Waals surface area contributed by atoms with E-state index in [0.717, 1.165) is 12.8 Å². The molecule has 1 aliphatic rings. The molecule has 1 amide bonds. The molecule has 0 aromatic carbocycles. The van der Waals surface area contributed by atoms with Gasteiger partial charge in [-0.1, -0.05) is 26.1 Å². The highest BCUT2D eigenvalue weighted by Gasteiger charge is 2.30. The van der Waals surface area contributed by atoms with Gasteiger partial charge in [-0.25, -0.2) is 0 Å². The van der Waals surface area contributed by atoms with E-state index in [2.05, 4.69) is 5.32 Å². The molecule has 0 aromatic rings. The van der Waals surface area contributed by atoms with Crippen molar-refractivity contribution in [3.05, 3.63) is 0 Å². The summed E-state index contributed by atoms with van der Waals surface area (Å²) in [5.74, 6) is -0.142. The lowest BCUT2D eigenvalue weighted by Crippen LogP contribution is -2.41. The van der Waals surface area contributed by atoms with Crippen LogP contribution in [0.15, 0.2) is 0 Å². The third-order valence-corrected chi connectivity index (χ3v) is 2.43. The van der Waals surface area contributed by atoms with Gasteiger partial charge in [0.1, 0.15) is 0 Å². The van der Waals surface area contributed by atoms with Crippen LogP contribution in [-0.4, -0.2) is 16.9 Å². The lowest BCUT2D eigenvalue weighted by molar-refractivity contribution is -0.124. The number of carbonyl (C=O) groups is 1. The monoisotopic (exact) mass is 200 g/mol. The Bertz CT molecular complexity index is 224. The fraction of sp³-hybridized carbons (Fsp3) is 0.778. The van der Waals surface area contributed by atoms with E-state index in [0.29, 0.717) is 11.0 Å². The molecule has 0 bridgehead atoms. The van der Waals surface area contributed by atoms with E-state index in [1.54, 1.807) is 0 Å². The van der Waals surface area contributed by atoms with Gasteiger partial charge >= 0.3 is 0 Å². The highest BCUT2D eigenvalue weighted by atomic mass is 32.1. The molecule has 1 aliphatic carbocycles. The fourth-order valence-corrected chi connectivity index (χ4v) is 1.66. The van der Waals surface area contributed by atoms with Crippen molar-refractivity contribution in [3.8, 4) is 0 Å². The van der Waals surface area contributed by atoms with Crippen LogP contribution in [0.4, 0.5) is 0 Å². The predicted octanol–water partition coefficient (Wildman–Crippen LogP) is 0.823. The molecular weight excluding hydrogens is 184 g/mol.